The van der Waals surface area contributed by atoms with Crippen LogP contribution in [-0.4, -0.2) is 4.98 Å². The molecule has 0 spiro atoms. The molecule has 4 heteroatoms. The number of hydrogen-bond donors (Lipinski definition) is 0. The van der Waals surface area contributed by atoms with Gasteiger partial charge in [0.2, 0.25) is 5.89 Å². The van der Waals surface area contributed by atoms with E-state index in [-0.39, 0.29) is 11.4 Å². The predicted octanol–water partition coefficient (Wildman–Crippen LogP) is 4.01. The molecule has 0 saturated carbocycles. The van der Waals surface area contributed by atoms with Crippen LogP contribution in [0.5, 0.6) is 0 Å². The Kier molecular flexibility index (Phi) is 3.35. The van der Waals surface area contributed by atoms with Crippen LogP contribution in [0.2, 0.25) is 5.02 Å². The molecule has 0 aliphatic rings. The maximum absolute atomic E-state index is 11.8. The van der Waals surface area contributed by atoms with Crippen molar-refractivity contribution in [2.24, 2.45) is 0 Å². The molecule has 0 aliphatic heterocycles. The number of para-hydroxylation sites is 1. The van der Waals surface area contributed by atoms with Gasteiger partial charge in [0.15, 0.2) is 0 Å². The van der Waals surface area contributed by atoms with Gasteiger partial charge in [-0.3, -0.25) is 4.79 Å². The monoisotopic (exact) mass is 283 g/mol. The largest absolute Gasteiger partial charge is 0.438 e. The number of fused-ring (bicyclic) bond motifs is 1. The molecule has 3 aromatic rings. The van der Waals surface area contributed by atoms with Gasteiger partial charge in [0.25, 0.3) is 5.56 Å². The SMILES string of the molecule is O=c1nc(C=Cc2ccc(Cl)cc2)oc2ccccc12. The predicted molar refractivity (Wildman–Crippen MR) is 80.7 cm³/mol. The van der Waals surface area contributed by atoms with E-state index in [1.165, 1.54) is 0 Å². The summed E-state index contributed by atoms with van der Waals surface area (Å²) in [5, 5.41) is 1.16. The molecule has 20 heavy (non-hydrogen) atoms. The molecule has 0 unspecified atom stereocenters. The van der Waals surface area contributed by atoms with Crippen LogP contribution < -0.4 is 5.56 Å². The topological polar surface area (TPSA) is 43.1 Å². The summed E-state index contributed by atoms with van der Waals surface area (Å²) in [6.07, 6.45) is 3.48. The Bertz CT molecular complexity index is 835. The van der Waals surface area contributed by atoms with E-state index in [4.69, 9.17) is 16.0 Å². The van der Waals surface area contributed by atoms with E-state index in [0.717, 1.165) is 5.56 Å². The molecule has 0 amide bonds. The molecule has 1 aromatic heterocycles. The summed E-state index contributed by atoms with van der Waals surface area (Å²) in [6, 6.07) is 14.4. The number of benzene rings is 2. The third-order valence-electron chi connectivity index (χ3n) is 2.83. The summed E-state index contributed by atoms with van der Waals surface area (Å²) in [6.45, 7) is 0. The maximum atomic E-state index is 11.8. The lowest BCUT2D eigenvalue weighted by atomic mass is 10.2. The van der Waals surface area contributed by atoms with Crippen LogP contribution in [-0.2, 0) is 0 Å². The van der Waals surface area contributed by atoms with Crippen LogP contribution in [0.1, 0.15) is 11.5 Å². The smallest absolute Gasteiger partial charge is 0.284 e. The first-order chi connectivity index (χ1) is 9.72. The summed E-state index contributed by atoms with van der Waals surface area (Å²) in [5.74, 6) is 0.281. The molecule has 0 bridgehead atoms. The van der Waals surface area contributed by atoms with Gasteiger partial charge in [-0.25, -0.2) is 0 Å². The first kappa shape index (κ1) is 12.6. The normalized spacial score (nSPS) is 11.2. The van der Waals surface area contributed by atoms with Crippen molar-refractivity contribution in [1.82, 2.24) is 4.98 Å². The van der Waals surface area contributed by atoms with Gasteiger partial charge in [0, 0.05) is 11.1 Å². The second-order valence-electron chi connectivity index (χ2n) is 4.24. The second-order valence-corrected chi connectivity index (χ2v) is 4.67. The lowest BCUT2D eigenvalue weighted by Crippen LogP contribution is -2.06. The Morgan fingerprint density at radius 2 is 1.75 bits per heavy atom. The van der Waals surface area contributed by atoms with Crippen LogP contribution in [0.3, 0.4) is 0 Å². The summed E-state index contributed by atoms with van der Waals surface area (Å²) in [5.41, 5.74) is 1.19. The number of aromatic nitrogens is 1. The zero-order valence-corrected chi connectivity index (χ0v) is 11.2. The highest BCUT2D eigenvalue weighted by molar-refractivity contribution is 6.30. The third-order valence-corrected chi connectivity index (χ3v) is 3.08. The van der Waals surface area contributed by atoms with Crippen molar-refractivity contribution >= 4 is 34.7 Å². The standard InChI is InChI=1S/C16H10ClNO2/c17-12-8-5-11(6-9-12)7-10-15-18-16(19)13-3-1-2-4-14(13)20-15/h1-10H. The van der Waals surface area contributed by atoms with E-state index in [2.05, 4.69) is 4.98 Å². The van der Waals surface area contributed by atoms with Crippen LogP contribution in [0.15, 0.2) is 57.7 Å². The maximum Gasteiger partial charge on any atom is 0.284 e. The van der Waals surface area contributed by atoms with E-state index >= 15 is 0 Å². The lowest BCUT2D eigenvalue weighted by molar-refractivity contribution is 0.563. The minimum atomic E-state index is -0.289. The van der Waals surface area contributed by atoms with Crippen LogP contribution in [0.4, 0.5) is 0 Å². The van der Waals surface area contributed by atoms with Gasteiger partial charge in [0.1, 0.15) is 5.58 Å². The van der Waals surface area contributed by atoms with E-state index in [0.29, 0.717) is 16.0 Å². The molecular weight excluding hydrogens is 274 g/mol. The van der Waals surface area contributed by atoms with Gasteiger partial charge in [-0.1, -0.05) is 35.9 Å². The van der Waals surface area contributed by atoms with Crippen molar-refractivity contribution in [3.8, 4) is 0 Å². The highest BCUT2D eigenvalue weighted by atomic mass is 35.5. The van der Waals surface area contributed by atoms with E-state index < -0.39 is 0 Å². The highest BCUT2D eigenvalue weighted by Gasteiger charge is 2.02. The van der Waals surface area contributed by atoms with Gasteiger partial charge >= 0.3 is 0 Å². The van der Waals surface area contributed by atoms with E-state index in [1.54, 1.807) is 36.4 Å². The minimum Gasteiger partial charge on any atom is -0.438 e. The summed E-state index contributed by atoms with van der Waals surface area (Å²) in [4.78, 5) is 15.7. The number of nitrogens with zero attached hydrogens (tertiary/aromatic N) is 1. The molecule has 0 radical (unpaired) electrons. The van der Waals surface area contributed by atoms with Crippen molar-refractivity contribution in [3.05, 3.63) is 75.4 Å². The van der Waals surface area contributed by atoms with Crippen molar-refractivity contribution in [3.63, 3.8) is 0 Å². The van der Waals surface area contributed by atoms with Crippen molar-refractivity contribution < 1.29 is 4.42 Å². The molecule has 98 valence electrons. The second kappa shape index (κ2) is 5.31. The Hall–Kier alpha value is -2.39. The molecule has 3 rings (SSSR count). The summed E-state index contributed by atoms with van der Waals surface area (Å²) in [7, 11) is 0. The molecule has 2 aromatic carbocycles. The zero-order chi connectivity index (χ0) is 13.9. The van der Waals surface area contributed by atoms with Crippen molar-refractivity contribution in [2.45, 2.75) is 0 Å². The summed E-state index contributed by atoms with van der Waals surface area (Å²) >= 11 is 5.82. The summed E-state index contributed by atoms with van der Waals surface area (Å²) < 4.78 is 5.56. The van der Waals surface area contributed by atoms with Gasteiger partial charge in [-0.05, 0) is 35.9 Å². The first-order valence-corrected chi connectivity index (χ1v) is 6.44. The lowest BCUT2D eigenvalue weighted by Gasteiger charge is -1.97. The fourth-order valence-corrected chi connectivity index (χ4v) is 1.97. The molecule has 3 nitrogen and oxygen atoms in total. The van der Waals surface area contributed by atoms with Crippen molar-refractivity contribution in [2.75, 3.05) is 0 Å². The minimum absolute atomic E-state index is 0.281. The first-order valence-electron chi connectivity index (χ1n) is 6.06. The molecule has 1 heterocycles. The van der Waals surface area contributed by atoms with Gasteiger partial charge in [-0.2, -0.15) is 4.98 Å². The van der Waals surface area contributed by atoms with E-state index in [1.807, 2.05) is 24.3 Å². The quantitative estimate of drug-likeness (QED) is 0.713. The molecule has 0 saturated heterocycles. The number of rotatable bonds is 2. The Balaban J connectivity index is 1.98. The van der Waals surface area contributed by atoms with Crippen molar-refractivity contribution in [1.29, 1.82) is 0 Å². The molecule has 0 fully saturated rings. The van der Waals surface area contributed by atoms with Crippen LogP contribution in [0, 0.1) is 0 Å². The van der Waals surface area contributed by atoms with E-state index in [9.17, 15) is 4.79 Å². The van der Waals surface area contributed by atoms with Gasteiger partial charge < -0.3 is 4.42 Å². The van der Waals surface area contributed by atoms with Gasteiger partial charge in [0.05, 0.1) is 5.39 Å². The average Bonchev–Trinajstić information content (AvgIpc) is 2.47. The Morgan fingerprint density at radius 1 is 1.00 bits per heavy atom. The number of halogens is 1. The number of hydrogen-bond acceptors (Lipinski definition) is 3. The Morgan fingerprint density at radius 3 is 2.55 bits per heavy atom. The Labute approximate surface area is 120 Å². The fraction of sp³-hybridized carbons (Fsp3) is 0. The molecule has 0 aliphatic carbocycles. The fourth-order valence-electron chi connectivity index (χ4n) is 1.84. The molecule has 0 N–H and O–H groups in total. The van der Waals surface area contributed by atoms with Crippen LogP contribution >= 0.6 is 11.6 Å². The van der Waals surface area contributed by atoms with Gasteiger partial charge in [-0.15, -0.1) is 0 Å². The molecular formula is C16H10ClNO2. The van der Waals surface area contributed by atoms with Crippen LogP contribution in [0.25, 0.3) is 23.1 Å². The molecule has 0 atom stereocenters. The third kappa shape index (κ3) is 2.63. The zero-order valence-electron chi connectivity index (χ0n) is 10.4. The average molecular weight is 284 g/mol. The highest BCUT2D eigenvalue weighted by Crippen LogP contribution is 2.14.